The molecule has 1 N–H and O–H groups in total. The summed E-state index contributed by atoms with van der Waals surface area (Å²) >= 11 is 1.43. The molecule has 0 aliphatic rings. The van der Waals surface area contributed by atoms with Crippen LogP contribution in [0.2, 0.25) is 0 Å². The topological polar surface area (TPSA) is 59.8 Å². The van der Waals surface area contributed by atoms with E-state index in [-0.39, 0.29) is 11.4 Å². The summed E-state index contributed by atoms with van der Waals surface area (Å²) in [6, 6.07) is 0. The molecule has 0 aliphatic carbocycles. The highest BCUT2D eigenvalue weighted by molar-refractivity contribution is 7.99. The summed E-state index contributed by atoms with van der Waals surface area (Å²) in [5, 5.41) is 12.3. The molecule has 0 saturated carbocycles. The van der Waals surface area contributed by atoms with Gasteiger partial charge in [-0.25, -0.2) is 0 Å². The van der Waals surface area contributed by atoms with E-state index in [9.17, 15) is 4.79 Å². The Morgan fingerprint density at radius 3 is 2.58 bits per heavy atom. The first-order chi connectivity index (χ1) is 11.4. The van der Waals surface area contributed by atoms with Crippen molar-refractivity contribution in [3.8, 4) is 0 Å². The number of aromatic nitrogens is 3. The Bertz CT molecular complexity index is 520. The minimum Gasteiger partial charge on any atom is -0.351 e. The standard InChI is InChI=1S/C18H32N4OS/c1-6-8-9-10-11-12-15-20-21-17(22(15)13-7-2)24-14-16(23)19-18(3,4)5/h7H,2,6,8-14H2,1,3-5H3,(H,19,23). The average Bonchev–Trinajstić information content (AvgIpc) is 2.86. The Kier molecular flexibility index (Phi) is 9.11. The number of aryl methyl sites for hydroxylation is 1. The van der Waals surface area contributed by atoms with Gasteiger partial charge in [-0.2, -0.15) is 0 Å². The van der Waals surface area contributed by atoms with E-state index in [0.717, 1.165) is 23.8 Å². The summed E-state index contributed by atoms with van der Waals surface area (Å²) < 4.78 is 2.07. The van der Waals surface area contributed by atoms with E-state index in [1.165, 1.54) is 37.4 Å². The molecule has 5 nitrogen and oxygen atoms in total. The summed E-state index contributed by atoms with van der Waals surface area (Å²) in [5.74, 6) is 1.36. The van der Waals surface area contributed by atoms with Gasteiger partial charge in [0.1, 0.15) is 5.82 Å². The van der Waals surface area contributed by atoms with E-state index in [0.29, 0.717) is 12.3 Å². The molecule has 0 spiro atoms. The van der Waals surface area contributed by atoms with Crippen molar-refractivity contribution in [1.82, 2.24) is 20.1 Å². The van der Waals surface area contributed by atoms with Crippen molar-refractivity contribution in [1.29, 1.82) is 0 Å². The Morgan fingerprint density at radius 2 is 1.96 bits per heavy atom. The van der Waals surface area contributed by atoms with Crippen LogP contribution in [0.1, 0.15) is 65.6 Å². The van der Waals surface area contributed by atoms with Gasteiger partial charge in [0.2, 0.25) is 5.91 Å². The van der Waals surface area contributed by atoms with Crippen LogP contribution in [0.25, 0.3) is 0 Å². The van der Waals surface area contributed by atoms with Crippen molar-refractivity contribution < 1.29 is 4.79 Å². The monoisotopic (exact) mass is 352 g/mol. The minimum atomic E-state index is -0.212. The smallest absolute Gasteiger partial charge is 0.230 e. The number of hydrogen-bond donors (Lipinski definition) is 1. The molecule has 0 radical (unpaired) electrons. The second-order valence-electron chi connectivity index (χ2n) is 7.05. The van der Waals surface area contributed by atoms with Crippen molar-refractivity contribution in [2.75, 3.05) is 5.75 Å². The van der Waals surface area contributed by atoms with Gasteiger partial charge in [-0.3, -0.25) is 4.79 Å². The number of hydrogen-bond acceptors (Lipinski definition) is 4. The van der Waals surface area contributed by atoms with Gasteiger partial charge >= 0.3 is 0 Å². The fourth-order valence-corrected chi connectivity index (χ4v) is 3.16. The number of rotatable bonds is 11. The fourth-order valence-electron chi connectivity index (χ4n) is 2.39. The zero-order chi connectivity index (χ0) is 18.0. The highest BCUT2D eigenvalue weighted by atomic mass is 32.2. The lowest BCUT2D eigenvalue weighted by atomic mass is 10.1. The zero-order valence-electron chi connectivity index (χ0n) is 15.6. The first-order valence-corrected chi connectivity index (χ1v) is 9.82. The summed E-state index contributed by atoms with van der Waals surface area (Å²) in [6.07, 6.45) is 8.96. The van der Waals surface area contributed by atoms with Crippen LogP contribution < -0.4 is 5.32 Å². The van der Waals surface area contributed by atoms with Gasteiger partial charge in [-0.05, 0) is 27.2 Å². The van der Waals surface area contributed by atoms with E-state index in [2.05, 4.69) is 33.6 Å². The summed E-state index contributed by atoms with van der Waals surface area (Å²) in [5.41, 5.74) is -0.212. The van der Waals surface area contributed by atoms with Crippen molar-refractivity contribution in [3.63, 3.8) is 0 Å². The molecule has 0 aliphatic heterocycles. The first kappa shape index (κ1) is 20.7. The van der Waals surface area contributed by atoms with Gasteiger partial charge in [-0.15, -0.1) is 16.8 Å². The molecule has 0 bridgehead atoms. The van der Waals surface area contributed by atoms with Gasteiger partial charge in [0.25, 0.3) is 0 Å². The van der Waals surface area contributed by atoms with E-state index in [1.807, 2.05) is 26.8 Å². The molecule has 1 heterocycles. The molecule has 136 valence electrons. The lowest BCUT2D eigenvalue weighted by Gasteiger charge is -2.20. The number of nitrogens with zero attached hydrogens (tertiary/aromatic N) is 3. The molecule has 0 saturated heterocycles. The highest BCUT2D eigenvalue weighted by Gasteiger charge is 2.16. The van der Waals surface area contributed by atoms with Crippen LogP contribution in [-0.2, 0) is 17.8 Å². The predicted molar refractivity (Wildman–Crippen MR) is 101 cm³/mol. The van der Waals surface area contributed by atoms with Gasteiger partial charge in [0.05, 0.1) is 5.75 Å². The molecule has 0 unspecified atom stereocenters. The molecule has 0 aromatic carbocycles. The second-order valence-corrected chi connectivity index (χ2v) is 7.99. The van der Waals surface area contributed by atoms with E-state index >= 15 is 0 Å². The number of thioether (sulfide) groups is 1. The predicted octanol–water partition coefficient (Wildman–Crippen LogP) is 3.98. The number of carbonyl (C=O) groups is 1. The lowest BCUT2D eigenvalue weighted by molar-refractivity contribution is -0.119. The molecular weight excluding hydrogens is 320 g/mol. The van der Waals surface area contributed by atoms with Gasteiger partial charge < -0.3 is 9.88 Å². The van der Waals surface area contributed by atoms with Crippen LogP contribution in [0.15, 0.2) is 17.8 Å². The Labute approximate surface area is 150 Å². The number of amides is 1. The van der Waals surface area contributed by atoms with Crippen LogP contribution in [0.3, 0.4) is 0 Å². The molecular formula is C18H32N4OS. The summed E-state index contributed by atoms with van der Waals surface area (Å²) in [7, 11) is 0. The highest BCUT2D eigenvalue weighted by Crippen LogP contribution is 2.19. The molecule has 0 atom stereocenters. The third-order valence-corrected chi connectivity index (χ3v) is 4.42. The molecule has 1 rings (SSSR count). The largest absolute Gasteiger partial charge is 0.351 e. The van der Waals surface area contributed by atoms with Crippen molar-refractivity contribution in [2.45, 2.75) is 83.5 Å². The molecule has 1 aromatic heterocycles. The maximum absolute atomic E-state index is 12.0. The normalized spacial score (nSPS) is 11.5. The zero-order valence-corrected chi connectivity index (χ0v) is 16.4. The summed E-state index contributed by atoms with van der Waals surface area (Å²) in [6.45, 7) is 12.7. The fraction of sp³-hybridized carbons (Fsp3) is 0.722. The number of unbranched alkanes of at least 4 members (excludes halogenated alkanes) is 4. The van der Waals surface area contributed by atoms with Crippen LogP contribution in [0, 0.1) is 0 Å². The van der Waals surface area contributed by atoms with E-state index in [4.69, 9.17) is 0 Å². The van der Waals surface area contributed by atoms with E-state index in [1.54, 1.807) is 0 Å². The molecule has 1 aromatic rings. The summed E-state index contributed by atoms with van der Waals surface area (Å²) in [4.78, 5) is 12.0. The van der Waals surface area contributed by atoms with Crippen molar-refractivity contribution in [2.24, 2.45) is 0 Å². The van der Waals surface area contributed by atoms with Crippen molar-refractivity contribution in [3.05, 3.63) is 18.5 Å². The molecule has 24 heavy (non-hydrogen) atoms. The molecule has 0 fully saturated rings. The Balaban J connectivity index is 2.57. The SMILES string of the molecule is C=CCn1c(CCCCCCC)nnc1SCC(=O)NC(C)(C)C. The maximum Gasteiger partial charge on any atom is 0.230 e. The van der Waals surface area contributed by atoms with Gasteiger partial charge in [0.15, 0.2) is 5.16 Å². The number of carbonyl (C=O) groups excluding carboxylic acids is 1. The number of nitrogens with one attached hydrogen (secondary N) is 1. The Morgan fingerprint density at radius 1 is 1.25 bits per heavy atom. The van der Waals surface area contributed by atoms with Crippen LogP contribution >= 0.6 is 11.8 Å². The van der Waals surface area contributed by atoms with Gasteiger partial charge in [0, 0.05) is 18.5 Å². The van der Waals surface area contributed by atoms with Crippen molar-refractivity contribution >= 4 is 17.7 Å². The Hall–Kier alpha value is -1.30. The maximum atomic E-state index is 12.0. The quantitative estimate of drug-likeness (QED) is 0.372. The molecule has 6 heteroatoms. The third kappa shape index (κ3) is 7.99. The minimum absolute atomic E-state index is 0.0155. The lowest BCUT2D eigenvalue weighted by Crippen LogP contribution is -2.41. The first-order valence-electron chi connectivity index (χ1n) is 8.84. The van der Waals surface area contributed by atoms with Crippen LogP contribution in [0.4, 0.5) is 0 Å². The second kappa shape index (κ2) is 10.5. The van der Waals surface area contributed by atoms with Crippen LogP contribution in [-0.4, -0.2) is 32.0 Å². The average molecular weight is 353 g/mol. The van der Waals surface area contributed by atoms with E-state index < -0.39 is 0 Å². The van der Waals surface area contributed by atoms with Gasteiger partial charge in [-0.1, -0.05) is 50.4 Å². The van der Waals surface area contributed by atoms with Crippen LogP contribution in [0.5, 0.6) is 0 Å². The third-order valence-electron chi connectivity index (χ3n) is 3.46. The number of allylic oxidation sites excluding steroid dienone is 1. The molecule has 1 amide bonds.